The summed E-state index contributed by atoms with van der Waals surface area (Å²) in [5.74, 6) is -1.47. The zero-order valence-corrected chi connectivity index (χ0v) is 8.79. The maximum Gasteiger partial charge on any atom is 0.355 e. The number of aliphatic hydroxyl groups is 1. The molecule has 0 fully saturated rings. The highest BCUT2D eigenvalue weighted by molar-refractivity contribution is 6.22. The fraction of sp³-hybridized carbons (Fsp3) is 0.444. The van der Waals surface area contributed by atoms with E-state index in [1.807, 2.05) is 0 Å². The van der Waals surface area contributed by atoms with Crippen LogP contribution in [0.25, 0.3) is 0 Å². The third kappa shape index (κ3) is 7.51. The van der Waals surface area contributed by atoms with Gasteiger partial charge in [0.2, 0.25) is 6.29 Å². The smallest absolute Gasteiger partial charge is 0.355 e. The first-order valence-corrected chi connectivity index (χ1v) is 4.34. The van der Waals surface area contributed by atoms with E-state index >= 15 is 0 Å². The first kappa shape index (κ1) is 14.1. The Morgan fingerprint density at radius 1 is 1.50 bits per heavy atom. The lowest BCUT2D eigenvalue weighted by atomic mass is 10.4. The van der Waals surface area contributed by atoms with E-state index in [4.69, 9.17) is 5.11 Å². The molecule has 0 aromatic heterocycles. The average molecular weight is 231 g/mol. The van der Waals surface area contributed by atoms with Crippen molar-refractivity contribution in [1.29, 1.82) is 0 Å². The van der Waals surface area contributed by atoms with Gasteiger partial charge in [0.25, 0.3) is 0 Å². The normalized spacial score (nSPS) is 11.9. The summed E-state index contributed by atoms with van der Waals surface area (Å²) in [5, 5.41) is 12.3. The van der Waals surface area contributed by atoms with Gasteiger partial charge in [-0.1, -0.05) is 11.7 Å². The van der Waals surface area contributed by atoms with E-state index in [1.54, 1.807) is 0 Å². The second kappa shape index (κ2) is 8.42. The Labute approximate surface area is 92.3 Å². The van der Waals surface area contributed by atoms with Gasteiger partial charge in [0.1, 0.15) is 7.11 Å². The van der Waals surface area contributed by atoms with Gasteiger partial charge in [0.15, 0.2) is 6.21 Å². The second-order valence-electron chi connectivity index (χ2n) is 2.47. The number of hydrogen-bond donors (Lipinski definition) is 1. The first-order chi connectivity index (χ1) is 7.60. The highest BCUT2D eigenvalue weighted by atomic mass is 16.6. The number of oxime groups is 1. The molecule has 7 nitrogen and oxygen atoms in total. The largest absolute Gasteiger partial charge is 0.462 e. The summed E-state index contributed by atoms with van der Waals surface area (Å²) in [6, 6.07) is 0. The summed E-state index contributed by atoms with van der Waals surface area (Å²) in [6.07, 6.45) is 0.350. The summed E-state index contributed by atoms with van der Waals surface area (Å²) in [6.45, 7) is 3.10. The molecule has 0 bridgehead atoms. The molecule has 0 amide bonds. The number of hydrogen-bond acceptors (Lipinski definition) is 7. The summed E-state index contributed by atoms with van der Waals surface area (Å²) >= 11 is 0. The second-order valence-corrected chi connectivity index (χ2v) is 2.47. The van der Waals surface area contributed by atoms with Gasteiger partial charge < -0.3 is 19.4 Å². The lowest BCUT2D eigenvalue weighted by Crippen LogP contribution is -2.20. The summed E-state index contributed by atoms with van der Waals surface area (Å²) < 4.78 is 9.00. The Bertz CT molecular complexity index is 275. The Morgan fingerprint density at radius 2 is 2.19 bits per heavy atom. The van der Waals surface area contributed by atoms with E-state index in [9.17, 15) is 9.59 Å². The highest BCUT2D eigenvalue weighted by Gasteiger charge is 2.10. The minimum Gasteiger partial charge on any atom is -0.462 e. The predicted molar refractivity (Wildman–Crippen MR) is 53.4 cm³/mol. The molecule has 0 aliphatic heterocycles. The van der Waals surface area contributed by atoms with Crippen molar-refractivity contribution < 1.29 is 29.0 Å². The molecule has 0 heterocycles. The molecule has 7 heteroatoms. The third-order valence-electron chi connectivity index (χ3n) is 1.29. The van der Waals surface area contributed by atoms with Crippen LogP contribution in [-0.2, 0) is 23.9 Å². The van der Waals surface area contributed by atoms with Crippen molar-refractivity contribution in [3.8, 4) is 0 Å². The van der Waals surface area contributed by atoms with Gasteiger partial charge in [-0.25, -0.2) is 9.59 Å². The third-order valence-corrected chi connectivity index (χ3v) is 1.29. The van der Waals surface area contributed by atoms with Crippen molar-refractivity contribution in [3.05, 3.63) is 12.7 Å². The number of carbonyl (C=O) groups is 2. The van der Waals surface area contributed by atoms with Crippen LogP contribution in [0.5, 0.6) is 0 Å². The quantitative estimate of drug-likeness (QED) is 0.210. The van der Waals surface area contributed by atoms with E-state index in [2.05, 4.69) is 26.0 Å². The molecule has 0 spiro atoms. The maximum atomic E-state index is 10.8. The van der Waals surface area contributed by atoms with E-state index in [1.165, 1.54) is 7.11 Å². The molecular weight excluding hydrogens is 218 g/mol. The minimum atomic E-state index is -1.37. The van der Waals surface area contributed by atoms with Crippen LogP contribution in [0, 0.1) is 0 Å². The SMILES string of the molecule is C=CC(=O)OCCC(O)OC(=O)C=NOC. The number of aliphatic hydroxyl groups excluding tert-OH is 1. The average Bonchev–Trinajstić information content (AvgIpc) is 2.25. The van der Waals surface area contributed by atoms with Crippen LogP contribution in [0.2, 0.25) is 0 Å². The molecule has 16 heavy (non-hydrogen) atoms. The van der Waals surface area contributed by atoms with Gasteiger partial charge in [-0.2, -0.15) is 0 Å². The zero-order valence-electron chi connectivity index (χ0n) is 8.79. The van der Waals surface area contributed by atoms with Crippen molar-refractivity contribution in [2.24, 2.45) is 5.16 Å². The standard InChI is InChI=1S/C9H13NO6/c1-3-7(11)15-5-4-8(12)16-9(13)6-10-14-2/h3,6,8,12H,1,4-5H2,2H3. The molecule has 90 valence electrons. The van der Waals surface area contributed by atoms with Crippen molar-refractivity contribution in [2.75, 3.05) is 13.7 Å². The Balaban J connectivity index is 3.69. The molecular formula is C9H13NO6. The molecule has 0 aliphatic carbocycles. The molecule has 0 radical (unpaired) electrons. The van der Waals surface area contributed by atoms with Gasteiger partial charge in [0.05, 0.1) is 6.61 Å². The van der Waals surface area contributed by atoms with Gasteiger partial charge in [-0.3, -0.25) is 0 Å². The molecule has 0 saturated heterocycles. The van der Waals surface area contributed by atoms with Gasteiger partial charge >= 0.3 is 11.9 Å². The molecule has 1 N–H and O–H groups in total. The molecule has 0 aromatic rings. The first-order valence-electron chi connectivity index (χ1n) is 4.34. The van der Waals surface area contributed by atoms with Crippen LogP contribution in [0.3, 0.4) is 0 Å². The van der Waals surface area contributed by atoms with E-state index in [-0.39, 0.29) is 13.0 Å². The van der Waals surface area contributed by atoms with Gasteiger partial charge in [-0.05, 0) is 0 Å². The van der Waals surface area contributed by atoms with Gasteiger partial charge in [-0.15, -0.1) is 0 Å². The minimum absolute atomic E-state index is 0.0356. The number of carbonyl (C=O) groups excluding carboxylic acids is 2. The number of rotatable bonds is 7. The predicted octanol–water partition coefficient (Wildman–Crippen LogP) is -0.401. The van der Waals surface area contributed by atoms with Crippen molar-refractivity contribution in [3.63, 3.8) is 0 Å². The lowest BCUT2D eigenvalue weighted by Gasteiger charge is -2.09. The number of ether oxygens (including phenoxy) is 2. The molecule has 0 aliphatic rings. The highest BCUT2D eigenvalue weighted by Crippen LogP contribution is 1.95. The monoisotopic (exact) mass is 231 g/mol. The molecule has 1 atom stereocenters. The van der Waals surface area contributed by atoms with E-state index in [0.717, 1.165) is 12.3 Å². The van der Waals surface area contributed by atoms with Crippen LogP contribution in [0.15, 0.2) is 17.8 Å². The Hall–Kier alpha value is -1.89. The summed E-state index contributed by atoms with van der Waals surface area (Å²) in [4.78, 5) is 25.6. The lowest BCUT2D eigenvalue weighted by molar-refractivity contribution is -0.162. The number of nitrogens with zero attached hydrogens (tertiary/aromatic N) is 1. The van der Waals surface area contributed by atoms with Crippen LogP contribution in [-0.4, -0.2) is 43.3 Å². The number of esters is 2. The Kier molecular flexibility index (Phi) is 7.43. The Morgan fingerprint density at radius 3 is 2.75 bits per heavy atom. The summed E-state index contributed by atoms with van der Waals surface area (Å²) in [5.41, 5.74) is 0. The van der Waals surface area contributed by atoms with Crippen LogP contribution < -0.4 is 0 Å². The fourth-order valence-corrected chi connectivity index (χ4v) is 0.638. The van der Waals surface area contributed by atoms with Crippen molar-refractivity contribution >= 4 is 18.2 Å². The summed E-state index contributed by atoms with van der Waals surface area (Å²) in [7, 11) is 1.26. The van der Waals surface area contributed by atoms with Crippen molar-refractivity contribution in [1.82, 2.24) is 0 Å². The molecule has 0 saturated carbocycles. The van der Waals surface area contributed by atoms with E-state index < -0.39 is 18.2 Å². The van der Waals surface area contributed by atoms with Crippen molar-refractivity contribution in [2.45, 2.75) is 12.7 Å². The maximum absolute atomic E-state index is 10.8. The van der Waals surface area contributed by atoms with Crippen LogP contribution in [0.1, 0.15) is 6.42 Å². The molecule has 1 unspecified atom stereocenters. The topological polar surface area (TPSA) is 94.4 Å². The van der Waals surface area contributed by atoms with Crippen LogP contribution in [0.4, 0.5) is 0 Å². The van der Waals surface area contributed by atoms with Gasteiger partial charge in [0, 0.05) is 12.5 Å². The van der Waals surface area contributed by atoms with Crippen LogP contribution >= 0.6 is 0 Å². The van der Waals surface area contributed by atoms with E-state index in [0.29, 0.717) is 0 Å². The fourth-order valence-electron chi connectivity index (χ4n) is 0.638. The molecule has 0 rings (SSSR count). The zero-order chi connectivity index (χ0) is 12.4. The molecule has 0 aromatic carbocycles.